The minimum atomic E-state index is -0.263. The topological polar surface area (TPSA) is 26.0 Å². The third-order valence-corrected chi connectivity index (χ3v) is 4.25. The van der Waals surface area contributed by atoms with Crippen LogP contribution in [0.4, 0.5) is 4.39 Å². The monoisotopic (exact) mass is 297 g/mol. The Bertz CT molecular complexity index is 513. The molecule has 0 aliphatic rings. The fraction of sp³-hybridized carbons (Fsp3) is 0.333. The zero-order chi connectivity index (χ0) is 13.7. The van der Waals surface area contributed by atoms with E-state index in [9.17, 15) is 4.39 Å². The first-order chi connectivity index (χ1) is 9.15. The fourth-order valence-electron chi connectivity index (χ4n) is 2.07. The fourth-order valence-corrected chi connectivity index (χ4v) is 2.98. The predicted octanol–water partition coefficient (Wildman–Crippen LogP) is 4.43. The molecule has 0 fully saturated rings. The van der Waals surface area contributed by atoms with Crippen molar-refractivity contribution >= 4 is 22.9 Å². The molecular formula is C15H17ClFNS. The van der Waals surface area contributed by atoms with Gasteiger partial charge >= 0.3 is 0 Å². The lowest BCUT2D eigenvalue weighted by Crippen LogP contribution is -2.23. The Hall–Kier alpha value is -0.900. The van der Waals surface area contributed by atoms with Gasteiger partial charge < -0.3 is 5.73 Å². The van der Waals surface area contributed by atoms with Crippen molar-refractivity contribution in [3.05, 3.63) is 57.0 Å². The first-order valence-corrected chi connectivity index (χ1v) is 7.63. The lowest BCUT2D eigenvalue weighted by Gasteiger charge is -2.12. The summed E-state index contributed by atoms with van der Waals surface area (Å²) in [4.78, 5) is 1.38. The smallest absolute Gasteiger partial charge is 0.127 e. The third kappa shape index (κ3) is 4.60. The van der Waals surface area contributed by atoms with Crippen molar-refractivity contribution in [3.63, 3.8) is 0 Å². The number of rotatable bonds is 6. The highest BCUT2D eigenvalue weighted by atomic mass is 35.5. The predicted molar refractivity (Wildman–Crippen MR) is 80.3 cm³/mol. The summed E-state index contributed by atoms with van der Waals surface area (Å²) in [5.41, 5.74) is 6.70. The molecular weight excluding hydrogens is 281 g/mol. The number of benzene rings is 1. The van der Waals surface area contributed by atoms with E-state index < -0.39 is 0 Å². The first-order valence-electron chi connectivity index (χ1n) is 6.37. The molecule has 4 heteroatoms. The molecule has 0 aliphatic carbocycles. The SMILES string of the molecule is NC(CCCc1cccs1)Cc1ccc(Cl)cc1F. The van der Waals surface area contributed by atoms with Crippen molar-refractivity contribution in [2.75, 3.05) is 0 Å². The minimum Gasteiger partial charge on any atom is -0.327 e. The van der Waals surface area contributed by atoms with Gasteiger partial charge in [0.25, 0.3) is 0 Å². The summed E-state index contributed by atoms with van der Waals surface area (Å²) in [7, 11) is 0. The average Bonchev–Trinajstić information content (AvgIpc) is 2.86. The highest BCUT2D eigenvalue weighted by molar-refractivity contribution is 7.09. The van der Waals surface area contributed by atoms with Crippen molar-refractivity contribution < 1.29 is 4.39 Å². The summed E-state index contributed by atoms with van der Waals surface area (Å²) in [5, 5.41) is 2.51. The van der Waals surface area contributed by atoms with Crippen LogP contribution in [-0.2, 0) is 12.8 Å². The molecule has 1 atom stereocenters. The van der Waals surface area contributed by atoms with E-state index in [1.54, 1.807) is 23.5 Å². The highest BCUT2D eigenvalue weighted by Crippen LogP contribution is 2.17. The van der Waals surface area contributed by atoms with Crippen molar-refractivity contribution in [1.82, 2.24) is 0 Å². The number of aryl methyl sites for hydroxylation is 1. The van der Waals surface area contributed by atoms with E-state index in [1.807, 2.05) is 0 Å². The van der Waals surface area contributed by atoms with E-state index in [-0.39, 0.29) is 11.9 Å². The second kappa shape index (κ2) is 7.04. The summed E-state index contributed by atoms with van der Waals surface area (Å²) in [6.07, 6.45) is 3.55. The molecule has 0 aliphatic heterocycles. The molecule has 2 N–H and O–H groups in total. The molecule has 0 saturated heterocycles. The summed E-state index contributed by atoms with van der Waals surface area (Å²) in [6.45, 7) is 0. The number of halogens is 2. The van der Waals surface area contributed by atoms with Gasteiger partial charge in [-0.25, -0.2) is 4.39 Å². The maximum Gasteiger partial charge on any atom is 0.127 e. The maximum absolute atomic E-state index is 13.6. The summed E-state index contributed by atoms with van der Waals surface area (Å²) >= 11 is 7.49. The zero-order valence-corrected chi connectivity index (χ0v) is 12.2. The Morgan fingerprint density at radius 2 is 2.16 bits per heavy atom. The molecule has 2 aromatic rings. The molecule has 102 valence electrons. The number of hydrogen-bond acceptors (Lipinski definition) is 2. The van der Waals surface area contributed by atoms with Crippen LogP contribution in [0.25, 0.3) is 0 Å². The summed E-state index contributed by atoms with van der Waals surface area (Å²) in [5.74, 6) is -0.263. The molecule has 1 unspecified atom stereocenters. The van der Waals surface area contributed by atoms with E-state index in [4.69, 9.17) is 17.3 Å². The molecule has 1 heterocycles. The van der Waals surface area contributed by atoms with E-state index in [0.717, 1.165) is 19.3 Å². The van der Waals surface area contributed by atoms with Gasteiger partial charge in [0.1, 0.15) is 5.82 Å². The normalized spacial score (nSPS) is 12.6. The van der Waals surface area contributed by atoms with Crippen LogP contribution in [-0.4, -0.2) is 6.04 Å². The van der Waals surface area contributed by atoms with Crippen molar-refractivity contribution in [2.24, 2.45) is 5.73 Å². The molecule has 0 radical (unpaired) electrons. The molecule has 1 aromatic carbocycles. The molecule has 0 spiro atoms. The molecule has 0 bridgehead atoms. The molecule has 0 saturated carbocycles. The Labute approximate surface area is 122 Å². The van der Waals surface area contributed by atoms with E-state index in [2.05, 4.69) is 17.5 Å². The van der Waals surface area contributed by atoms with Gasteiger partial charge in [0.05, 0.1) is 0 Å². The largest absolute Gasteiger partial charge is 0.327 e. The van der Waals surface area contributed by atoms with Gasteiger partial charge in [-0.3, -0.25) is 0 Å². The van der Waals surface area contributed by atoms with Crippen LogP contribution >= 0.6 is 22.9 Å². The Morgan fingerprint density at radius 1 is 1.32 bits per heavy atom. The van der Waals surface area contributed by atoms with Crippen LogP contribution in [0, 0.1) is 5.82 Å². The lowest BCUT2D eigenvalue weighted by atomic mass is 10.0. The van der Waals surface area contributed by atoms with Crippen LogP contribution in [0.5, 0.6) is 0 Å². The Morgan fingerprint density at radius 3 is 2.84 bits per heavy atom. The van der Waals surface area contributed by atoms with Gasteiger partial charge in [-0.1, -0.05) is 23.7 Å². The van der Waals surface area contributed by atoms with Gasteiger partial charge in [0, 0.05) is 15.9 Å². The van der Waals surface area contributed by atoms with Crippen LogP contribution in [0.15, 0.2) is 35.7 Å². The molecule has 0 amide bonds. The molecule has 2 rings (SSSR count). The minimum absolute atomic E-state index is 0.00404. The Balaban J connectivity index is 1.79. The molecule has 1 nitrogen and oxygen atoms in total. The van der Waals surface area contributed by atoms with Crippen molar-refractivity contribution in [3.8, 4) is 0 Å². The van der Waals surface area contributed by atoms with Crippen LogP contribution in [0.1, 0.15) is 23.3 Å². The standard InChI is InChI=1S/C15H17ClFNS/c16-12-7-6-11(15(17)10-12)9-13(18)3-1-4-14-5-2-8-19-14/h2,5-8,10,13H,1,3-4,9,18H2. The van der Waals surface area contributed by atoms with Crippen LogP contribution in [0.2, 0.25) is 5.02 Å². The van der Waals surface area contributed by atoms with Crippen LogP contribution in [0.3, 0.4) is 0 Å². The van der Waals surface area contributed by atoms with Crippen molar-refractivity contribution in [2.45, 2.75) is 31.7 Å². The number of nitrogens with two attached hydrogens (primary N) is 1. The van der Waals surface area contributed by atoms with Gasteiger partial charge in [-0.05, 0) is 54.8 Å². The zero-order valence-electron chi connectivity index (χ0n) is 10.6. The number of hydrogen-bond donors (Lipinski definition) is 1. The van der Waals surface area contributed by atoms with Gasteiger partial charge in [0.15, 0.2) is 0 Å². The summed E-state index contributed by atoms with van der Waals surface area (Å²) in [6, 6.07) is 8.96. The lowest BCUT2D eigenvalue weighted by molar-refractivity contribution is 0.552. The second-order valence-electron chi connectivity index (χ2n) is 4.67. The van der Waals surface area contributed by atoms with Crippen LogP contribution < -0.4 is 5.73 Å². The quantitative estimate of drug-likeness (QED) is 0.838. The van der Waals surface area contributed by atoms with Crippen molar-refractivity contribution in [1.29, 1.82) is 0 Å². The highest BCUT2D eigenvalue weighted by Gasteiger charge is 2.09. The van der Waals surface area contributed by atoms with Gasteiger partial charge in [0.2, 0.25) is 0 Å². The number of thiophene rings is 1. The molecule has 1 aromatic heterocycles. The maximum atomic E-state index is 13.6. The van der Waals surface area contributed by atoms with Gasteiger partial charge in [-0.2, -0.15) is 0 Å². The van der Waals surface area contributed by atoms with E-state index in [0.29, 0.717) is 17.0 Å². The van der Waals surface area contributed by atoms with E-state index in [1.165, 1.54) is 10.9 Å². The summed E-state index contributed by atoms with van der Waals surface area (Å²) < 4.78 is 13.6. The van der Waals surface area contributed by atoms with Gasteiger partial charge in [-0.15, -0.1) is 11.3 Å². The Kier molecular flexibility index (Phi) is 5.37. The third-order valence-electron chi connectivity index (χ3n) is 3.08. The first kappa shape index (κ1) is 14.5. The average molecular weight is 298 g/mol. The second-order valence-corrected chi connectivity index (χ2v) is 6.14. The van der Waals surface area contributed by atoms with E-state index >= 15 is 0 Å². The molecule has 19 heavy (non-hydrogen) atoms.